The molecule has 23 heavy (non-hydrogen) atoms. The number of nitrogens with zero attached hydrogens (tertiary/aromatic N) is 4. The number of aryl methyl sites for hydroxylation is 1. The molecule has 0 aromatic carbocycles. The van der Waals surface area contributed by atoms with Gasteiger partial charge in [-0.25, -0.2) is 8.42 Å². The van der Waals surface area contributed by atoms with Gasteiger partial charge in [-0.3, -0.25) is 9.58 Å². The summed E-state index contributed by atoms with van der Waals surface area (Å²) in [5, 5.41) is 4.18. The SMILES string of the molecule is CN(Cc1cnn(C)c1)Cc1ccc(S(=O)(=O)N2CCCC2)o1. The van der Waals surface area contributed by atoms with Crippen LogP contribution in [0.2, 0.25) is 0 Å². The molecule has 2 aromatic heterocycles. The number of sulfonamides is 1. The van der Waals surface area contributed by atoms with Crippen molar-refractivity contribution >= 4 is 10.0 Å². The van der Waals surface area contributed by atoms with Gasteiger partial charge in [0.2, 0.25) is 5.09 Å². The zero-order valence-electron chi connectivity index (χ0n) is 13.5. The number of hydrogen-bond acceptors (Lipinski definition) is 5. The molecule has 1 saturated heterocycles. The molecular formula is C15H22N4O3S. The Balaban J connectivity index is 1.64. The molecule has 3 heterocycles. The Hall–Kier alpha value is -1.64. The molecule has 1 fully saturated rings. The summed E-state index contributed by atoms with van der Waals surface area (Å²) in [5.74, 6) is 0.647. The number of furan rings is 1. The molecule has 0 aliphatic carbocycles. The Kier molecular flexibility index (Phi) is 4.56. The fraction of sp³-hybridized carbons (Fsp3) is 0.533. The van der Waals surface area contributed by atoms with E-state index in [2.05, 4.69) is 10.00 Å². The van der Waals surface area contributed by atoms with E-state index in [1.54, 1.807) is 16.8 Å². The third-order valence-electron chi connectivity index (χ3n) is 3.93. The normalized spacial score (nSPS) is 16.5. The Morgan fingerprint density at radius 1 is 1.26 bits per heavy atom. The Morgan fingerprint density at radius 3 is 2.65 bits per heavy atom. The van der Waals surface area contributed by atoms with E-state index in [9.17, 15) is 8.42 Å². The van der Waals surface area contributed by atoms with Gasteiger partial charge in [0, 0.05) is 38.4 Å². The summed E-state index contributed by atoms with van der Waals surface area (Å²) in [6, 6.07) is 3.30. The van der Waals surface area contributed by atoms with E-state index in [-0.39, 0.29) is 5.09 Å². The largest absolute Gasteiger partial charge is 0.447 e. The first kappa shape index (κ1) is 16.2. The van der Waals surface area contributed by atoms with Crippen LogP contribution in [0.5, 0.6) is 0 Å². The van der Waals surface area contributed by atoms with Gasteiger partial charge in [0.05, 0.1) is 12.7 Å². The van der Waals surface area contributed by atoms with Crippen LogP contribution < -0.4 is 0 Å². The summed E-state index contributed by atoms with van der Waals surface area (Å²) in [6.45, 7) is 2.44. The molecule has 0 amide bonds. The average Bonchev–Trinajstić information content (AvgIpc) is 3.20. The molecule has 8 heteroatoms. The second-order valence-electron chi connectivity index (χ2n) is 6.03. The van der Waals surface area contributed by atoms with E-state index in [4.69, 9.17) is 4.42 Å². The highest BCUT2D eigenvalue weighted by molar-refractivity contribution is 7.89. The van der Waals surface area contributed by atoms with Crippen molar-refractivity contribution in [3.63, 3.8) is 0 Å². The summed E-state index contributed by atoms with van der Waals surface area (Å²) in [4.78, 5) is 2.06. The Morgan fingerprint density at radius 2 is 2.00 bits per heavy atom. The highest BCUT2D eigenvalue weighted by Crippen LogP contribution is 2.23. The molecule has 0 atom stereocenters. The van der Waals surface area contributed by atoms with Gasteiger partial charge in [-0.15, -0.1) is 0 Å². The van der Waals surface area contributed by atoms with Crippen molar-refractivity contribution in [1.82, 2.24) is 19.0 Å². The summed E-state index contributed by atoms with van der Waals surface area (Å²) < 4.78 is 33.7. The minimum atomic E-state index is -3.47. The molecule has 0 bridgehead atoms. The molecule has 1 aliphatic heterocycles. The smallest absolute Gasteiger partial charge is 0.276 e. The van der Waals surface area contributed by atoms with Crippen molar-refractivity contribution in [2.24, 2.45) is 7.05 Å². The molecule has 3 rings (SSSR count). The lowest BCUT2D eigenvalue weighted by molar-refractivity contribution is 0.273. The van der Waals surface area contributed by atoms with Gasteiger partial charge < -0.3 is 4.42 Å². The van der Waals surface area contributed by atoms with Crippen LogP contribution in [0.3, 0.4) is 0 Å². The van der Waals surface area contributed by atoms with Gasteiger partial charge in [0.1, 0.15) is 5.76 Å². The summed E-state index contributed by atoms with van der Waals surface area (Å²) in [5.41, 5.74) is 1.10. The van der Waals surface area contributed by atoms with Gasteiger partial charge in [0.15, 0.2) is 0 Å². The standard InChI is InChI=1S/C15H22N4O3S/c1-17(10-13-9-16-18(2)11-13)12-14-5-6-15(22-14)23(20,21)19-7-3-4-8-19/h5-6,9,11H,3-4,7-8,10,12H2,1-2H3. The fourth-order valence-corrected chi connectivity index (χ4v) is 4.27. The first-order chi connectivity index (χ1) is 10.9. The van der Waals surface area contributed by atoms with E-state index < -0.39 is 10.0 Å². The van der Waals surface area contributed by atoms with Gasteiger partial charge >= 0.3 is 0 Å². The lowest BCUT2D eigenvalue weighted by atomic mass is 10.3. The van der Waals surface area contributed by atoms with Crippen LogP contribution in [0.4, 0.5) is 0 Å². The molecule has 126 valence electrons. The third-order valence-corrected chi connectivity index (χ3v) is 5.71. The molecule has 0 N–H and O–H groups in total. The van der Waals surface area contributed by atoms with Gasteiger partial charge in [-0.1, -0.05) is 0 Å². The van der Waals surface area contributed by atoms with Crippen molar-refractivity contribution in [3.05, 3.63) is 35.9 Å². The van der Waals surface area contributed by atoms with Crippen LogP contribution in [0, 0.1) is 0 Å². The first-order valence-corrected chi connectivity index (χ1v) is 9.14. The maximum atomic E-state index is 12.4. The molecule has 0 spiro atoms. The Labute approximate surface area is 136 Å². The summed E-state index contributed by atoms with van der Waals surface area (Å²) in [7, 11) is 0.369. The van der Waals surface area contributed by atoms with Crippen molar-refractivity contribution in [3.8, 4) is 0 Å². The van der Waals surface area contributed by atoms with Crippen molar-refractivity contribution in [1.29, 1.82) is 0 Å². The van der Waals surface area contributed by atoms with Crippen LogP contribution in [0.1, 0.15) is 24.2 Å². The minimum Gasteiger partial charge on any atom is -0.447 e. The minimum absolute atomic E-state index is 0.0455. The topological polar surface area (TPSA) is 71.6 Å². The van der Waals surface area contributed by atoms with E-state index in [0.717, 1.165) is 24.9 Å². The maximum absolute atomic E-state index is 12.4. The second-order valence-corrected chi connectivity index (χ2v) is 7.90. The quantitative estimate of drug-likeness (QED) is 0.797. The lowest BCUT2D eigenvalue weighted by Gasteiger charge is -2.14. The molecular weight excluding hydrogens is 316 g/mol. The number of hydrogen-bond donors (Lipinski definition) is 0. The van der Waals surface area contributed by atoms with Crippen molar-refractivity contribution in [2.45, 2.75) is 31.0 Å². The molecule has 0 saturated carbocycles. The van der Waals surface area contributed by atoms with E-state index in [1.165, 1.54) is 4.31 Å². The van der Waals surface area contributed by atoms with Crippen LogP contribution in [0.25, 0.3) is 0 Å². The predicted molar refractivity (Wildman–Crippen MR) is 85.1 cm³/mol. The first-order valence-electron chi connectivity index (χ1n) is 7.70. The van der Waals surface area contributed by atoms with E-state index in [1.807, 2.05) is 26.5 Å². The zero-order valence-corrected chi connectivity index (χ0v) is 14.3. The highest BCUT2D eigenvalue weighted by atomic mass is 32.2. The summed E-state index contributed by atoms with van der Waals surface area (Å²) >= 11 is 0. The lowest BCUT2D eigenvalue weighted by Crippen LogP contribution is -2.27. The summed E-state index contributed by atoms with van der Waals surface area (Å²) in [6.07, 6.45) is 5.62. The van der Waals surface area contributed by atoms with Crippen LogP contribution in [-0.2, 0) is 30.2 Å². The van der Waals surface area contributed by atoms with E-state index >= 15 is 0 Å². The Bertz CT molecular complexity index is 759. The second kappa shape index (κ2) is 6.46. The van der Waals surface area contributed by atoms with E-state index in [0.29, 0.717) is 25.4 Å². The average molecular weight is 338 g/mol. The number of aromatic nitrogens is 2. The molecule has 1 aliphatic rings. The molecule has 2 aromatic rings. The van der Waals surface area contributed by atoms with Crippen LogP contribution >= 0.6 is 0 Å². The van der Waals surface area contributed by atoms with Crippen LogP contribution in [0.15, 0.2) is 34.0 Å². The molecule has 0 radical (unpaired) electrons. The maximum Gasteiger partial charge on any atom is 0.276 e. The number of rotatable bonds is 6. The van der Waals surface area contributed by atoms with Crippen molar-refractivity contribution in [2.75, 3.05) is 20.1 Å². The highest BCUT2D eigenvalue weighted by Gasteiger charge is 2.29. The predicted octanol–water partition coefficient (Wildman–Crippen LogP) is 1.43. The fourth-order valence-electron chi connectivity index (χ4n) is 2.82. The zero-order chi connectivity index (χ0) is 16.4. The molecule has 0 unspecified atom stereocenters. The van der Waals surface area contributed by atoms with Crippen molar-refractivity contribution < 1.29 is 12.8 Å². The monoisotopic (exact) mass is 338 g/mol. The molecule has 7 nitrogen and oxygen atoms in total. The van der Waals surface area contributed by atoms with Gasteiger partial charge in [-0.2, -0.15) is 9.40 Å². The third kappa shape index (κ3) is 3.65. The van der Waals surface area contributed by atoms with Crippen LogP contribution in [-0.4, -0.2) is 47.5 Å². The van der Waals surface area contributed by atoms with Gasteiger partial charge in [0.25, 0.3) is 10.0 Å². The van der Waals surface area contributed by atoms with Gasteiger partial charge in [-0.05, 0) is 32.0 Å².